The van der Waals surface area contributed by atoms with Gasteiger partial charge in [0.1, 0.15) is 11.4 Å². The first-order valence-corrected chi connectivity index (χ1v) is 11.4. The van der Waals surface area contributed by atoms with Crippen LogP contribution in [0, 0.1) is 12.8 Å². The van der Waals surface area contributed by atoms with E-state index in [0.717, 1.165) is 41.7 Å². The molecule has 0 spiro atoms. The van der Waals surface area contributed by atoms with Crippen LogP contribution in [0.25, 0.3) is 0 Å². The van der Waals surface area contributed by atoms with Crippen molar-refractivity contribution < 1.29 is 14.6 Å². The van der Waals surface area contributed by atoms with E-state index in [1.807, 2.05) is 30.3 Å². The van der Waals surface area contributed by atoms with Crippen LogP contribution < -0.4 is 10.5 Å². The van der Waals surface area contributed by atoms with Gasteiger partial charge in [-0.3, -0.25) is 0 Å². The van der Waals surface area contributed by atoms with E-state index < -0.39 is 5.60 Å². The van der Waals surface area contributed by atoms with Crippen LogP contribution in [-0.2, 0) is 10.3 Å². The molecule has 0 aliphatic carbocycles. The van der Waals surface area contributed by atoms with Gasteiger partial charge >= 0.3 is 0 Å². The topological polar surface area (TPSA) is 64.7 Å². The molecule has 0 aliphatic heterocycles. The number of rotatable bonds is 12. The van der Waals surface area contributed by atoms with Crippen LogP contribution in [0.5, 0.6) is 5.75 Å². The summed E-state index contributed by atoms with van der Waals surface area (Å²) < 4.78 is 12.2. The van der Waals surface area contributed by atoms with Crippen LogP contribution >= 0.6 is 0 Å². The lowest BCUT2D eigenvalue weighted by Crippen LogP contribution is -2.35. The molecule has 0 saturated heterocycles. The number of aliphatic hydroxyl groups is 1. The highest BCUT2D eigenvalue weighted by molar-refractivity contribution is 5.49. The molecule has 2 atom stereocenters. The van der Waals surface area contributed by atoms with E-state index in [2.05, 4.69) is 55.5 Å². The number of hydrogen-bond acceptors (Lipinski definition) is 4. The van der Waals surface area contributed by atoms with Gasteiger partial charge in [-0.1, -0.05) is 78.7 Å². The van der Waals surface area contributed by atoms with E-state index in [1.165, 1.54) is 5.56 Å². The molecule has 0 saturated carbocycles. The standard InChI is InChI=1S/C28H35NO3/c1-22-11-13-25(14-12-22)28(24-9-4-3-5-10-24,26-15-17-27(31-2)18-16-26)32-21-23(20-30)8-6-7-19-29/h3-5,9-18,23,30H,6-8,19-21,29H2,1-2H3. The Morgan fingerprint density at radius 1 is 0.844 bits per heavy atom. The van der Waals surface area contributed by atoms with Gasteiger partial charge in [0.25, 0.3) is 0 Å². The van der Waals surface area contributed by atoms with Gasteiger partial charge in [0.2, 0.25) is 0 Å². The molecule has 170 valence electrons. The summed E-state index contributed by atoms with van der Waals surface area (Å²) in [6.07, 6.45) is 2.82. The summed E-state index contributed by atoms with van der Waals surface area (Å²) in [6, 6.07) is 26.9. The third-order valence-corrected chi connectivity index (χ3v) is 6.00. The van der Waals surface area contributed by atoms with Crippen molar-refractivity contribution in [2.24, 2.45) is 11.7 Å². The fourth-order valence-electron chi connectivity index (χ4n) is 4.08. The van der Waals surface area contributed by atoms with Crippen molar-refractivity contribution in [1.29, 1.82) is 0 Å². The number of benzene rings is 3. The van der Waals surface area contributed by atoms with E-state index in [4.69, 9.17) is 15.2 Å². The average Bonchev–Trinajstić information content (AvgIpc) is 2.85. The van der Waals surface area contributed by atoms with Crippen LogP contribution in [0.3, 0.4) is 0 Å². The molecular formula is C28H35NO3. The van der Waals surface area contributed by atoms with E-state index >= 15 is 0 Å². The molecule has 32 heavy (non-hydrogen) atoms. The van der Waals surface area contributed by atoms with Gasteiger partial charge in [-0.05, 0) is 55.1 Å². The van der Waals surface area contributed by atoms with Crippen LogP contribution in [0.2, 0.25) is 0 Å². The van der Waals surface area contributed by atoms with Gasteiger partial charge in [0.15, 0.2) is 0 Å². The summed E-state index contributed by atoms with van der Waals surface area (Å²) in [4.78, 5) is 0. The minimum atomic E-state index is -0.803. The molecule has 4 nitrogen and oxygen atoms in total. The van der Waals surface area contributed by atoms with Gasteiger partial charge in [0, 0.05) is 12.5 Å². The number of hydrogen-bond donors (Lipinski definition) is 2. The summed E-state index contributed by atoms with van der Waals surface area (Å²) in [5.41, 5.74) is 9.17. The van der Waals surface area contributed by atoms with Gasteiger partial charge in [-0.25, -0.2) is 0 Å². The van der Waals surface area contributed by atoms with Crippen molar-refractivity contribution in [1.82, 2.24) is 0 Å². The third kappa shape index (κ3) is 5.57. The fourth-order valence-corrected chi connectivity index (χ4v) is 4.08. The minimum absolute atomic E-state index is 0.0494. The maximum absolute atomic E-state index is 10.0. The molecule has 0 bridgehead atoms. The average molecular weight is 434 g/mol. The number of unbranched alkanes of at least 4 members (excludes halogenated alkanes) is 1. The van der Waals surface area contributed by atoms with E-state index in [9.17, 15) is 5.11 Å². The molecule has 3 aromatic carbocycles. The second-order valence-corrected chi connectivity index (χ2v) is 8.29. The summed E-state index contributed by atoms with van der Waals surface area (Å²) >= 11 is 0. The smallest absolute Gasteiger partial charge is 0.143 e. The minimum Gasteiger partial charge on any atom is -0.497 e. The van der Waals surface area contributed by atoms with Gasteiger partial charge in [-0.2, -0.15) is 0 Å². The van der Waals surface area contributed by atoms with Gasteiger partial charge in [-0.15, -0.1) is 0 Å². The second kappa shape index (κ2) is 11.8. The molecule has 4 heteroatoms. The lowest BCUT2D eigenvalue weighted by Gasteiger charge is -2.37. The highest BCUT2D eigenvalue weighted by Crippen LogP contribution is 2.41. The molecule has 0 radical (unpaired) electrons. The largest absolute Gasteiger partial charge is 0.497 e. The highest BCUT2D eigenvalue weighted by Gasteiger charge is 2.38. The fraction of sp³-hybridized carbons (Fsp3) is 0.357. The Bertz CT molecular complexity index is 925. The van der Waals surface area contributed by atoms with Gasteiger partial charge in [0.05, 0.1) is 13.7 Å². The molecular weight excluding hydrogens is 398 g/mol. The SMILES string of the molecule is COc1ccc(C(OCC(CO)CCCCN)(c2ccccc2)c2ccc(C)cc2)cc1. The Morgan fingerprint density at radius 3 is 2.00 bits per heavy atom. The maximum Gasteiger partial charge on any atom is 0.143 e. The second-order valence-electron chi connectivity index (χ2n) is 8.29. The zero-order chi connectivity index (χ0) is 22.8. The molecule has 0 amide bonds. The van der Waals surface area contributed by atoms with Crippen LogP contribution in [0.15, 0.2) is 78.9 Å². The normalized spacial score (nSPS) is 14.0. The molecule has 0 aromatic heterocycles. The summed E-state index contributed by atoms with van der Waals surface area (Å²) in [7, 11) is 1.67. The highest BCUT2D eigenvalue weighted by atomic mass is 16.5. The maximum atomic E-state index is 10.0. The number of aryl methyl sites for hydroxylation is 1. The Labute approximate surface area is 192 Å². The molecule has 0 aliphatic rings. The first-order chi connectivity index (χ1) is 15.6. The molecule has 3 N–H and O–H groups in total. The summed E-state index contributed by atoms with van der Waals surface area (Å²) in [6.45, 7) is 3.28. The van der Waals surface area contributed by atoms with E-state index in [0.29, 0.717) is 13.2 Å². The quantitative estimate of drug-likeness (QED) is 0.310. The number of nitrogens with two attached hydrogens (primary N) is 1. The van der Waals surface area contributed by atoms with E-state index in [1.54, 1.807) is 7.11 Å². The van der Waals surface area contributed by atoms with Crippen molar-refractivity contribution in [3.63, 3.8) is 0 Å². The predicted octanol–water partition coefficient (Wildman–Crippen LogP) is 5.05. The number of aliphatic hydroxyl groups excluding tert-OH is 1. The van der Waals surface area contributed by atoms with Crippen molar-refractivity contribution in [2.45, 2.75) is 31.8 Å². The molecule has 3 rings (SSSR count). The monoisotopic (exact) mass is 433 g/mol. The first kappa shape index (κ1) is 24.0. The lowest BCUT2D eigenvalue weighted by molar-refractivity contribution is -0.0205. The number of ether oxygens (including phenoxy) is 2. The Hall–Kier alpha value is -2.66. The Balaban J connectivity index is 2.09. The molecule has 2 unspecified atom stereocenters. The molecule has 0 heterocycles. The van der Waals surface area contributed by atoms with Gasteiger partial charge < -0.3 is 20.3 Å². The zero-order valence-corrected chi connectivity index (χ0v) is 19.2. The Kier molecular flexibility index (Phi) is 8.86. The van der Waals surface area contributed by atoms with E-state index in [-0.39, 0.29) is 12.5 Å². The predicted molar refractivity (Wildman–Crippen MR) is 130 cm³/mol. The molecule has 3 aromatic rings. The zero-order valence-electron chi connectivity index (χ0n) is 19.2. The molecule has 0 fully saturated rings. The van der Waals surface area contributed by atoms with Crippen molar-refractivity contribution in [3.8, 4) is 5.75 Å². The first-order valence-electron chi connectivity index (χ1n) is 11.4. The van der Waals surface area contributed by atoms with Crippen LogP contribution in [0.4, 0.5) is 0 Å². The third-order valence-electron chi connectivity index (χ3n) is 6.00. The Morgan fingerprint density at radius 2 is 1.44 bits per heavy atom. The van der Waals surface area contributed by atoms with Crippen LogP contribution in [0.1, 0.15) is 41.5 Å². The van der Waals surface area contributed by atoms with Crippen molar-refractivity contribution >= 4 is 0 Å². The van der Waals surface area contributed by atoms with Crippen molar-refractivity contribution in [3.05, 3.63) is 101 Å². The van der Waals surface area contributed by atoms with Crippen LogP contribution in [-0.4, -0.2) is 32.0 Å². The summed E-state index contributed by atoms with van der Waals surface area (Å²) in [5.74, 6) is 0.850. The lowest BCUT2D eigenvalue weighted by atomic mass is 9.79. The summed E-state index contributed by atoms with van der Waals surface area (Å²) in [5, 5.41) is 10.0. The van der Waals surface area contributed by atoms with Crippen molar-refractivity contribution in [2.75, 3.05) is 26.9 Å². The number of methoxy groups -OCH3 is 1.